The standard InChI is InChI=1S/C18H19N7O10S3/c1-33-18(19-13(26)11(21-34-2)10-4-3-5-35-10)15(29)25-12(14(27)28)9(6-36-16(18)25)7-37-17-20-22-23-24(17)8-38(30,31)32/h3-5,16H,6-8H2,1-2H3,(H,19,26)(H,27,28)(H,30,31,32)/b21-11+/t16-,18+/m1/s1. The van der Waals surface area contributed by atoms with Gasteiger partial charge in [-0.15, -0.1) is 16.9 Å². The average molecular weight is 590 g/mol. The molecule has 1 fully saturated rings. The Bertz CT molecular complexity index is 1420. The Labute approximate surface area is 222 Å². The highest BCUT2D eigenvalue weighted by Gasteiger charge is 2.66. The third-order valence-corrected chi connectivity index (χ3v) is 8.23. The molecule has 0 bridgehead atoms. The molecule has 0 unspecified atom stereocenters. The van der Waals surface area contributed by atoms with Crippen molar-refractivity contribution in [3.05, 3.63) is 35.4 Å². The number of furan rings is 1. The molecule has 20 heteroatoms. The number of carboxylic acid groups (broad SMARTS) is 1. The number of rotatable bonds is 11. The number of hydrogen-bond donors (Lipinski definition) is 3. The van der Waals surface area contributed by atoms with E-state index in [0.717, 1.165) is 33.1 Å². The molecule has 2 aliphatic rings. The van der Waals surface area contributed by atoms with Crippen LogP contribution in [0, 0.1) is 0 Å². The quantitative estimate of drug-likeness (QED) is 0.0710. The molecule has 0 aromatic carbocycles. The molecule has 0 radical (unpaired) electrons. The van der Waals surface area contributed by atoms with Crippen LogP contribution in [0.25, 0.3) is 0 Å². The van der Waals surface area contributed by atoms with Gasteiger partial charge in [-0.25, -0.2) is 9.48 Å². The number of aliphatic carboxylic acids is 1. The van der Waals surface area contributed by atoms with E-state index in [1.807, 2.05) is 0 Å². The van der Waals surface area contributed by atoms with Gasteiger partial charge in [-0.05, 0) is 28.1 Å². The molecule has 17 nitrogen and oxygen atoms in total. The number of methoxy groups -OCH3 is 1. The van der Waals surface area contributed by atoms with Crippen LogP contribution in [-0.2, 0) is 40.0 Å². The zero-order chi connectivity index (χ0) is 27.7. The lowest BCUT2D eigenvalue weighted by molar-refractivity contribution is -0.191. The molecular formula is C18H19N7O10S3. The van der Waals surface area contributed by atoms with E-state index in [1.54, 1.807) is 0 Å². The molecule has 4 rings (SSSR count). The Balaban J connectivity index is 1.56. The van der Waals surface area contributed by atoms with E-state index in [9.17, 15) is 27.9 Å². The summed E-state index contributed by atoms with van der Waals surface area (Å²) in [7, 11) is -2.01. The summed E-state index contributed by atoms with van der Waals surface area (Å²) < 4.78 is 42.8. The number of amides is 2. The number of tetrazole rings is 1. The van der Waals surface area contributed by atoms with Gasteiger partial charge < -0.3 is 24.4 Å². The van der Waals surface area contributed by atoms with Crippen LogP contribution >= 0.6 is 23.5 Å². The number of oxime groups is 1. The maximum absolute atomic E-state index is 13.3. The van der Waals surface area contributed by atoms with Crippen LogP contribution in [0.4, 0.5) is 0 Å². The summed E-state index contributed by atoms with van der Waals surface area (Å²) in [6, 6.07) is 2.99. The molecule has 38 heavy (non-hydrogen) atoms. The third kappa shape index (κ3) is 5.12. The van der Waals surface area contributed by atoms with Crippen LogP contribution in [0.5, 0.6) is 0 Å². The number of nitrogens with one attached hydrogen (secondary N) is 1. The first kappa shape index (κ1) is 27.6. The summed E-state index contributed by atoms with van der Waals surface area (Å²) in [5, 5.41) is 25.6. The second-order valence-corrected chi connectivity index (χ2v) is 11.0. The highest BCUT2D eigenvalue weighted by Crippen LogP contribution is 2.47. The van der Waals surface area contributed by atoms with Gasteiger partial charge in [0.05, 0.1) is 6.26 Å². The average Bonchev–Trinajstić information content (AvgIpc) is 3.54. The molecule has 2 aromatic heterocycles. The van der Waals surface area contributed by atoms with Gasteiger partial charge in [0.25, 0.3) is 27.7 Å². The van der Waals surface area contributed by atoms with E-state index in [4.69, 9.17) is 18.5 Å². The first-order valence-electron chi connectivity index (χ1n) is 10.3. The largest absolute Gasteiger partial charge is 0.477 e. The summed E-state index contributed by atoms with van der Waals surface area (Å²) in [5.41, 5.74) is -2.18. The van der Waals surface area contributed by atoms with Crippen molar-refractivity contribution in [2.45, 2.75) is 22.1 Å². The number of carbonyl (C=O) groups is 3. The van der Waals surface area contributed by atoms with Gasteiger partial charge in [-0.3, -0.25) is 19.0 Å². The zero-order valence-electron chi connectivity index (χ0n) is 19.5. The minimum Gasteiger partial charge on any atom is -0.477 e. The van der Waals surface area contributed by atoms with E-state index >= 15 is 0 Å². The molecule has 1 saturated heterocycles. The Kier molecular flexibility index (Phi) is 7.78. The number of carboxylic acids is 1. The van der Waals surface area contributed by atoms with Crippen LogP contribution in [-0.4, -0.2) is 104 Å². The number of nitrogens with zero attached hydrogens (tertiary/aromatic N) is 6. The Morgan fingerprint density at radius 3 is 2.79 bits per heavy atom. The van der Waals surface area contributed by atoms with Crippen LogP contribution in [0.2, 0.25) is 0 Å². The minimum absolute atomic E-state index is 0.00307. The van der Waals surface area contributed by atoms with Gasteiger partial charge in [-0.1, -0.05) is 16.9 Å². The van der Waals surface area contributed by atoms with Gasteiger partial charge in [0.15, 0.2) is 11.6 Å². The third-order valence-electron chi connectivity index (χ3n) is 5.25. The summed E-state index contributed by atoms with van der Waals surface area (Å²) in [5.74, 6) is -3.82. The lowest BCUT2D eigenvalue weighted by atomic mass is 9.98. The fourth-order valence-electron chi connectivity index (χ4n) is 3.67. The van der Waals surface area contributed by atoms with E-state index in [0.29, 0.717) is 5.57 Å². The second-order valence-electron chi connectivity index (χ2n) is 7.55. The summed E-state index contributed by atoms with van der Waals surface area (Å²) in [4.78, 5) is 44.2. The lowest BCUT2D eigenvalue weighted by Gasteiger charge is -2.55. The number of hydrogen-bond acceptors (Lipinski definition) is 14. The van der Waals surface area contributed by atoms with Crippen molar-refractivity contribution in [2.24, 2.45) is 5.16 Å². The van der Waals surface area contributed by atoms with Crippen molar-refractivity contribution in [2.75, 3.05) is 25.7 Å². The van der Waals surface area contributed by atoms with Crippen LogP contribution in [0.15, 0.2) is 44.4 Å². The van der Waals surface area contributed by atoms with Crippen LogP contribution in [0.3, 0.4) is 0 Å². The van der Waals surface area contributed by atoms with E-state index < -0.39 is 44.9 Å². The highest BCUT2D eigenvalue weighted by molar-refractivity contribution is 8.01. The normalized spacial score (nSPS) is 21.7. The molecule has 0 spiro atoms. The van der Waals surface area contributed by atoms with Crippen molar-refractivity contribution in [1.82, 2.24) is 30.4 Å². The molecule has 3 N–H and O–H groups in total. The molecule has 204 valence electrons. The number of aromatic nitrogens is 4. The number of thioether (sulfide) groups is 2. The number of fused-ring (bicyclic) bond motifs is 1. The van der Waals surface area contributed by atoms with Gasteiger partial charge >= 0.3 is 5.97 Å². The van der Waals surface area contributed by atoms with Crippen LogP contribution in [0.1, 0.15) is 5.76 Å². The molecule has 2 aromatic rings. The molecule has 0 aliphatic carbocycles. The summed E-state index contributed by atoms with van der Waals surface area (Å²) >= 11 is 2.05. The van der Waals surface area contributed by atoms with Gasteiger partial charge in [-0.2, -0.15) is 8.42 Å². The summed E-state index contributed by atoms with van der Waals surface area (Å²) in [6.07, 6.45) is 1.32. The first-order valence-corrected chi connectivity index (χ1v) is 13.9. The molecule has 2 aliphatic heterocycles. The van der Waals surface area contributed by atoms with Crippen LogP contribution < -0.4 is 5.32 Å². The molecular weight excluding hydrogens is 570 g/mol. The van der Waals surface area contributed by atoms with Crippen molar-refractivity contribution in [3.63, 3.8) is 0 Å². The molecule has 2 atom stereocenters. The first-order chi connectivity index (χ1) is 18.0. The number of carbonyl (C=O) groups excluding carboxylic acids is 2. The van der Waals surface area contributed by atoms with Crippen molar-refractivity contribution in [3.8, 4) is 0 Å². The number of ether oxygens (including phenoxy) is 1. The molecule has 4 heterocycles. The van der Waals surface area contributed by atoms with Crippen molar-refractivity contribution < 1.29 is 46.5 Å². The highest BCUT2D eigenvalue weighted by atomic mass is 32.2. The van der Waals surface area contributed by atoms with E-state index in [2.05, 4.69) is 26.0 Å². The Hall–Kier alpha value is -3.46. The van der Waals surface area contributed by atoms with Gasteiger partial charge in [0.2, 0.25) is 10.9 Å². The van der Waals surface area contributed by atoms with Crippen molar-refractivity contribution >= 4 is 57.1 Å². The maximum Gasteiger partial charge on any atom is 0.352 e. The molecule has 0 saturated carbocycles. The topological polar surface area (TPSA) is 229 Å². The monoisotopic (exact) mass is 589 g/mol. The lowest BCUT2D eigenvalue weighted by Crippen LogP contribution is -2.81. The predicted molar refractivity (Wildman–Crippen MR) is 128 cm³/mol. The van der Waals surface area contributed by atoms with E-state index in [1.165, 1.54) is 32.6 Å². The number of β-lactam (4-membered cyclic amide) rings is 1. The SMILES string of the molecule is CO/N=C(/C(=O)N[C@]1(OC)C(=O)N2C(C(=O)O)=C(CSc3nnnn3CS(=O)(=O)O)CS[C@@H]21)c1ccco1. The summed E-state index contributed by atoms with van der Waals surface area (Å²) in [6.45, 7) is 0. The molecule has 2 amide bonds. The van der Waals surface area contributed by atoms with E-state index in [-0.39, 0.29) is 33.8 Å². The maximum atomic E-state index is 13.3. The fraction of sp³-hybridized carbons (Fsp3) is 0.389. The predicted octanol–water partition coefficient (Wildman–Crippen LogP) is -1.03. The van der Waals surface area contributed by atoms with Crippen molar-refractivity contribution in [1.29, 1.82) is 0 Å². The second kappa shape index (κ2) is 10.7. The van der Waals surface area contributed by atoms with Gasteiger partial charge in [0.1, 0.15) is 18.2 Å². The fourth-order valence-corrected chi connectivity index (χ4v) is 6.69. The Morgan fingerprint density at radius 2 is 2.18 bits per heavy atom. The minimum atomic E-state index is -4.43. The smallest absolute Gasteiger partial charge is 0.352 e. The Morgan fingerprint density at radius 1 is 1.42 bits per heavy atom. The zero-order valence-corrected chi connectivity index (χ0v) is 21.9. The van der Waals surface area contributed by atoms with Gasteiger partial charge in [0, 0.05) is 18.6 Å².